The second-order valence-corrected chi connectivity index (χ2v) is 4.95. The van der Waals surface area contributed by atoms with Gasteiger partial charge in [0.25, 0.3) is 5.24 Å². The summed E-state index contributed by atoms with van der Waals surface area (Å²) in [5, 5.41) is 2.61. The molecule has 1 aliphatic heterocycles. The smallest absolute Gasteiger partial charge is 0.328 e. The molecule has 0 radical (unpaired) electrons. The summed E-state index contributed by atoms with van der Waals surface area (Å²) in [6.45, 7) is 2.88. The normalized spacial score (nSPS) is 16.6. The van der Waals surface area contributed by atoms with Crippen LogP contribution >= 0.6 is 11.8 Å². The number of amides is 2. The van der Waals surface area contributed by atoms with E-state index in [1.807, 2.05) is 0 Å². The molecule has 1 rings (SSSR count). The molecule has 0 spiro atoms. The van der Waals surface area contributed by atoms with Gasteiger partial charge in [0.05, 0.1) is 7.11 Å². The van der Waals surface area contributed by atoms with Crippen molar-refractivity contribution in [3.63, 3.8) is 0 Å². The van der Waals surface area contributed by atoms with Gasteiger partial charge in [-0.25, -0.2) is 4.79 Å². The summed E-state index contributed by atoms with van der Waals surface area (Å²) in [7, 11) is 1.29. The first-order chi connectivity index (χ1) is 8.58. The zero-order valence-electron chi connectivity index (χ0n) is 10.6. The number of nitrogens with one attached hydrogen (secondary N) is 1. The molecular weight excluding hydrogens is 256 g/mol. The number of hydrogen-bond acceptors (Lipinski definition) is 5. The molecule has 1 aliphatic rings. The predicted octanol–water partition coefficient (Wildman–Crippen LogP) is 0.613. The monoisotopic (exact) mass is 274 g/mol. The van der Waals surface area contributed by atoms with Gasteiger partial charge in [0, 0.05) is 25.3 Å². The van der Waals surface area contributed by atoms with Crippen molar-refractivity contribution in [2.75, 3.05) is 26.0 Å². The summed E-state index contributed by atoms with van der Waals surface area (Å²) in [5.41, 5.74) is 0. The quantitative estimate of drug-likeness (QED) is 0.718. The van der Waals surface area contributed by atoms with E-state index in [1.165, 1.54) is 18.9 Å². The Balaban J connectivity index is 2.32. The van der Waals surface area contributed by atoms with E-state index < -0.39 is 12.0 Å². The second-order valence-electron chi connectivity index (χ2n) is 3.90. The zero-order chi connectivity index (χ0) is 13.5. The largest absolute Gasteiger partial charge is 0.467 e. The van der Waals surface area contributed by atoms with Gasteiger partial charge >= 0.3 is 5.97 Å². The van der Waals surface area contributed by atoms with E-state index in [1.54, 1.807) is 11.8 Å². The molecule has 1 unspecified atom stereocenters. The first-order valence-corrected chi connectivity index (χ1v) is 6.86. The molecule has 1 fully saturated rings. The van der Waals surface area contributed by atoms with Crippen molar-refractivity contribution in [2.45, 2.75) is 25.8 Å². The van der Waals surface area contributed by atoms with E-state index >= 15 is 0 Å². The molecule has 2 amide bonds. The Kier molecular flexibility index (Phi) is 5.97. The summed E-state index contributed by atoms with van der Waals surface area (Å²) in [4.78, 5) is 35.9. The van der Waals surface area contributed by atoms with Crippen LogP contribution in [0.1, 0.15) is 19.8 Å². The minimum Gasteiger partial charge on any atom is -0.467 e. The van der Waals surface area contributed by atoms with Crippen molar-refractivity contribution in [1.82, 2.24) is 10.2 Å². The van der Waals surface area contributed by atoms with E-state index in [0.29, 0.717) is 19.5 Å². The summed E-state index contributed by atoms with van der Waals surface area (Å²) in [5.74, 6) is 0.0933. The van der Waals surface area contributed by atoms with Crippen LogP contribution in [0.25, 0.3) is 0 Å². The lowest BCUT2D eigenvalue weighted by Gasteiger charge is -2.17. The SMILES string of the molecule is CCC(NC(=O)CCN1CCSC1=O)C(=O)OC. The number of carbonyl (C=O) groups excluding carboxylic acids is 3. The highest BCUT2D eigenvalue weighted by atomic mass is 32.2. The molecule has 0 aromatic carbocycles. The van der Waals surface area contributed by atoms with E-state index in [9.17, 15) is 14.4 Å². The van der Waals surface area contributed by atoms with E-state index in [2.05, 4.69) is 10.1 Å². The maximum atomic E-state index is 11.6. The lowest BCUT2D eigenvalue weighted by atomic mass is 10.2. The molecule has 0 aromatic heterocycles. The lowest BCUT2D eigenvalue weighted by Crippen LogP contribution is -2.42. The molecule has 0 aliphatic carbocycles. The topological polar surface area (TPSA) is 75.7 Å². The molecule has 1 heterocycles. The van der Waals surface area contributed by atoms with Crippen LogP contribution in [0.2, 0.25) is 0 Å². The van der Waals surface area contributed by atoms with Crippen molar-refractivity contribution in [1.29, 1.82) is 0 Å². The van der Waals surface area contributed by atoms with Gasteiger partial charge in [-0.2, -0.15) is 0 Å². The number of nitrogens with zero attached hydrogens (tertiary/aromatic N) is 1. The third-order valence-corrected chi connectivity index (χ3v) is 3.57. The number of esters is 1. The standard InChI is InChI=1S/C11H18N2O4S/c1-3-8(10(15)17-2)12-9(14)4-5-13-6-7-18-11(13)16/h8H,3-7H2,1-2H3,(H,12,14). The third-order valence-electron chi connectivity index (χ3n) is 2.68. The van der Waals surface area contributed by atoms with Gasteiger partial charge < -0.3 is 15.0 Å². The molecule has 0 aromatic rings. The number of carbonyl (C=O) groups is 3. The van der Waals surface area contributed by atoms with Crippen LogP contribution in [0.3, 0.4) is 0 Å². The number of hydrogen-bond donors (Lipinski definition) is 1. The predicted molar refractivity (Wildman–Crippen MR) is 68.3 cm³/mol. The van der Waals surface area contributed by atoms with Gasteiger partial charge in [-0.3, -0.25) is 9.59 Å². The van der Waals surface area contributed by atoms with Gasteiger partial charge in [0.2, 0.25) is 5.91 Å². The summed E-state index contributed by atoms with van der Waals surface area (Å²) >= 11 is 1.27. The van der Waals surface area contributed by atoms with E-state index in [0.717, 1.165) is 5.75 Å². The van der Waals surface area contributed by atoms with Gasteiger partial charge in [-0.1, -0.05) is 18.7 Å². The zero-order valence-corrected chi connectivity index (χ0v) is 11.4. The Labute approximate surface area is 110 Å². The van der Waals surface area contributed by atoms with Crippen molar-refractivity contribution in [3.8, 4) is 0 Å². The van der Waals surface area contributed by atoms with Crippen molar-refractivity contribution >= 4 is 28.9 Å². The first kappa shape index (κ1) is 14.8. The highest BCUT2D eigenvalue weighted by Gasteiger charge is 2.23. The Morgan fingerprint density at radius 3 is 2.78 bits per heavy atom. The molecule has 1 saturated heterocycles. The molecule has 0 saturated carbocycles. The Bertz CT molecular complexity index is 335. The molecule has 7 heteroatoms. The highest BCUT2D eigenvalue weighted by Crippen LogP contribution is 2.16. The fourth-order valence-corrected chi connectivity index (χ4v) is 2.45. The molecule has 0 bridgehead atoms. The Morgan fingerprint density at radius 2 is 2.28 bits per heavy atom. The first-order valence-electron chi connectivity index (χ1n) is 5.87. The number of methoxy groups -OCH3 is 1. The van der Waals surface area contributed by atoms with Gasteiger partial charge in [0.1, 0.15) is 6.04 Å². The molecule has 18 heavy (non-hydrogen) atoms. The summed E-state index contributed by atoms with van der Waals surface area (Å²) in [6, 6.07) is -0.605. The molecule has 1 N–H and O–H groups in total. The van der Waals surface area contributed by atoms with Crippen LogP contribution in [0.5, 0.6) is 0 Å². The van der Waals surface area contributed by atoms with Gasteiger partial charge in [-0.05, 0) is 6.42 Å². The fourth-order valence-electron chi connectivity index (χ4n) is 1.60. The third kappa shape index (κ3) is 4.21. The van der Waals surface area contributed by atoms with E-state index in [-0.39, 0.29) is 17.6 Å². The van der Waals surface area contributed by atoms with Crippen LogP contribution in [-0.4, -0.2) is 54.0 Å². The lowest BCUT2D eigenvalue weighted by molar-refractivity contribution is -0.145. The van der Waals surface area contributed by atoms with Crippen LogP contribution in [0.4, 0.5) is 4.79 Å². The number of ether oxygens (including phenoxy) is 1. The Morgan fingerprint density at radius 1 is 1.56 bits per heavy atom. The molecule has 1 atom stereocenters. The summed E-state index contributed by atoms with van der Waals surface area (Å²) in [6.07, 6.45) is 0.691. The van der Waals surface area contributed by atoms with Crippen LogP contribution in [-0.2, 0) is 14.3 Å². The van der Waals surface area contributed by atoms with Gasteiger partial charge in [-0.15, -0.1) is 0 Å². The number of rotatable bonds is 6. The van der Waals surface area contributed by atoms with Crippen molar-refractivity contribution in [2.24, 2.45) is 0 Å². The maximum Gasteiger partial charge on any atom is 0.328 e. The van der Waals surface area contributed by atoms with Crippen molar-refractivity contribution in [3.05, 3.63) is 0 Å². The average molecular weight is 274 g/mol. The minimum absolute atomic E-state index is 0.0165. The molecular formula is C11H18N2O4S. The Hall–Kier alpha value is -1.24. The fraction of sp³-hybridized carbons (Fsp3) is 0.727. The maximum absolute atomic E-state index is 11.6. The number of thioether (sulfide) groups is 1. The average Bonchev–Trinajstić information content (AvgIpc) is 2.78. The minimum atomic E-state index is -0.605. The van der Waals surface area contributed by atoms with E-state index in [4.69, 9.17) is 0 Å². The second kappa shape index (κ2) is 7.25. The molecule has 102 valence electrons. The van der Waals surface area contributed by atoms with Crippen LogP contribution in [0, 0.1) is 0 Å². The summed E-state index contributed by atoms with van der Waals surface area (Å²) < 4.78 is 4.58. The van der Waals surface area contributed by atoms with Crippen LogP contribution < -0.4 is 5.32 Å². The molecule has 6 nitrogen and oxygen atoms in total. The van der Waals surface area contributed by atoms with Gasteiger partial charge in [0.15, 0.2) is 0 Å². The highest BCUT2D eigenvalue weighted by molar-refractivity contribution is 8.13. The van der Waals surface area contributed by atoms with Crippen LogP contribution in [0.15, 0.2) is 0 Å². The van der Waals surface area contributed by atoms with Crippen molar-refractivity contribution < 1.29 is 19.1 Å².